The molecule has 1 nitrogen and oxygen atoms in total. The van der Waals surface area contributed by atoms with Gasteiger partial charge in [0, 0.05) is 12.1 Å². The second-order valence-electron chi connectivity index (χ2n) is 1.51. The normalized spacial score (nSPS) is 9.12. The molecule has 0 saturated heterocycles. The largest absolute Gasteiger partial charge is 0.222 e. The number of hydrogen-bond acceptors (Lipinski definition) is 0. The lowest BCUT2D eigenvalue weighted by molar-refractivity contribution is -0.678. The number of halogens is 1. The molecule has 0 radical (unpaired) electrons. The Bertz CT molecular complexity index is 150. The minimum atomic E-state index is 0.529. The van der Waals surface area contributed by atoms with Crippen molar-refractivity contribution < 1.29 is 4.57 Å². The second kappa shape index (κ2) is 2.68. The highest BCUT2D eigenvalue weighted by atomic mass is 35.5. The molecule has 0 N–H and O–H groups in total. The highest BCUT2D eigenvalue weighted by Gasteiger charge is 1.88. The molecular formula is C6H7ClN+. The smallest absolute Gasteiger partial charge is 0.191 e. The maximum absolute atomic E-state index is 5.49. The van der Waals surface area contributed by atoms with Crippen molar-refractivity contribution in [2.24, 2.45) is 0 Å². The first-order valence-electron chi connectivity index (χ1n) is 2.43. The zero-order chi connectivity index (χ0) is 5.82. The van der Waals surface area contributed by atoms with Crippen LogP contribution < -0.4 is 4.57 Å². The van der Waals surface area contributed by atoms with Crippen LogP contribution in [0.1, 0.15) is 0 Å². The lowest BCUT2D eigenvalue weighted by Gasteiger charge is -1.83. The van der Waals surface area contributed by atoms with Crippen molar-refractivity contribution >= 4 is 11.6 Å². The van der Waals surface area contributed by atoms with Crippen LogP contribution in [0, 0.1) is 0 Å². The van der Waals surface area contributed by atoms with Gasteiger partial charge in [-0.3, -0.25) is 0 Å². The van der Waals surface area contributed by atoms with E-state index in [9.17, 15) is 0 Å². The SMILES string of the molecule is ClC[n+]1ccccc1. The Hall–Kier alpha value is -0.560. The van der Waals surface area contributed by atoms with Gasteiger partial charge in [0.1, 0.15) is 0 Å². The molecule has 0 atom stereocenters. The molecule has 0 fully saturated rings. The van der Waals surface area contributed by atoms with Crippen LogP contribution in [0.5, 0.6) is 0 Å². The summed E-state index contributed by atoms with van der Waals surface area (Å²) in [6, 6.07) is 6.38. The highest BCUT2D eigenvalue weighted by molar-refractivity contribution is 6.14. The van der Waals surface area contributed by atoms with Crippen molar-refractivity contribution in [3.05, 3.63) is 30.6 Å². The van der Waals surface area contributed by atoms with Crippen LogP contribution >= 0.6 is 11.6 Å². The lowest BCUT2D eigenvalue weighted by Crippen LogP contribution is -2.28. The summed E-state index contributed by atoms with van der Waals surface area (Å²) in [4.78, 5) is 0. The predicted molar refractivity (Wildman–Crippen MR) is 32.5 cm³/mol. The summed E-state index contributed by atoms with van der Waals surface area (Å²) >= 11 is 5.49. The molecule has 1 rings (SSSR count). The van der Waals surface area contributed by atoms with Crippen LogP contribution in [-0.2, 0) is 6.00 Å². The van der Waals surface area contributed by atoms with Crippen LogP contribution in [-0.4, -0.2) is 0 Å². The van der Waals surface area contributed by atoms with Crippen LogP contribution in [0.25, 0.3) is 0 Å². The van der Waals surface area contributed by atoms with Crippen molar-refractivity contribution in [2.45, 2.75) is 6.00 Å². The first-order valence-corrected chi connectivity index (χ1v) is 2.97. The quantitative estimate of drug-likeness (QED) is 0.395. The minimum absolute atomic E-state index is 0.529. The van der Waals surface area contributed by atoms with E-state index in [-0.39, 0.29) is 0 Å². The van der Waals surface area contributed by atoms with Gasteiger partial charge in [-0.05, 0) is 0 Å². The van der Waals surface area contributed by atoms with Crippen LogP contribution in [0.15, 0.2) is 30.6 Å². The fourth-order valence-electron chi connectivity index (χ4n) is 0.514. The zero-order valence-corrected chi connectivity index (χ0v) is 5.17. The molecule has 0 spiro atoms. The van der Waals surface area contributed by atoms with E-state index in [4.69, 9.17) is 11.6 Å². The molecule has 0 bridgehead atoms. The summed E-state index contributed by atoms with van der Waals surface area (Å²) in [6.07, 6.45) is 3.85. The van der Waals surface area contributed by atoms with Gasteiger partial charge in [-0.15, -0.1) is 0 Å². The molecule has 0 amide bonds. The molecule has 0 aliphatic carbocycles. The summed E-state index contributed by atoms with van der Waals surface area (Å²) in [6.45, 7) is 0. The van der Waals surface area contributed by atoms with E-state index in [1.54, 1.807) is 0 Å². The molecule has 0 aliphatic rings. The first kappa shape index (κ1) is 5.57. The van der Waals surface area contributed by atoms with E-state index in [0.717, 1.165) is 0 Å². The van der Waals surface area contributed by atoms with Gasteiger partial charge in [0.2, 0.25) is 6.00 Å². The average Bonchev–Trinajstić information content (AvgIpc) is 1.90. The number of hydrogen-bond donors (Lipinski definition) is 0. The van der Waals surface area contributed by atoms with Gasteiger partial charge in [0.25, 0.3) is 0 Å². The van der Waals surface area contributed by atoms with Crippen LogP contribution in [0.3, 0.4) is 0 Å². The first-order chi connectivity index (χ1) is 3.93. The van der Waals surface area contributed by atoms with E-state index >= 15 is 0 Å². The number of pyridine rings is 1. The van der Waals surface area contributed by atoms with Gasteiger partial charge in [-0.2, -0.15) is 4.57 Å². The highest BCUT2D eigenvalue weighted by Crippen LogP contribution is 1.77. The maximum atomic E-state index is 5.49. The molecule has 1 aromatic rings. The van der Waals surface area contributed by atoms with Gasteiger partial charge < -0.3 is 0 Å². The molecular weight excluding hydrogens is 122 g/mol. The summed E-state index contributed by atoms with van der Waals surface area (Å²) in [7, 11) is 0. The third-order valence-corrected chi connectivity index (χ3v) is 1.19. The number of nitrogens with zero attached hydrogens (tertiary/aromatic N) is 1. The van der Waals surface area contributed by atoms with Gasteiger partial charge in [-0.25, -0.2) is 0 Å². The van der Waals surface area contributed by atoms with Gasteiger partial charge in [-0.1, -0.05) is 17.7 Å². The zero-order valence-electron chi connectivity index (χ0n) is 4.42. The number of rotatable bonds is 1. The molecule has 8 heavy (non-hydrogen) atoms. The monoisotopic (exact) mass is 128 g/mol. The van der Waals surface area contributed by atoms with E-state index < -0.39 is 0 Å². The number of aromatic nitrogens is 1. The summed E-state index contributed by atoms with van der Waals surface area (Å²) in [5.74, 6) is 0. The van der Waals surface area contributed by atoms with E-state index in [0.29, 0.717) is 6.00 Å². The fraction of sp³-hybridized carbons (Fsp3) is 0.167. The molecule has 0 saturated carbocycles. The molecule has 0 aromatic carbocycles. The Morgan fingerprint density at radius 3 is 2.12 bits per heavy atom. The Balaban J connectivity index is 2.83. The molecule has 2 heteroatoms. The van der Waals surface area contributed by atoms with Gasteiger partial charge in [0.15, 0.2) is 12.4 Å². The fourth-order valence-corrected chi connectivity index (χ4v) is 0.673. The van der Waals surface area contributed by atoms with E-state index in [2.05, 4.69) is 0 Å². The molecule has 1 heterocycles. The Labute approximate surface area is 53.5 Å². The molecule has 1 aromatic heterocycles. The minimum Gasteiger partial charge on any atom is -0.191 e. The maximum Gasteiger partial charge on any atom is 0.222 e. The second-order valence-corrected chi connectivity index (χ2v) is 1.75. The van der Waals surface area contributed by atoms with Crippen molar-refractivity contribution in [1.29, 1.82) is 0 Å². The standard InChI is InChI=1S/C6H7ClN/c7-6-8-4-2-1-3-5-8/h1-5H,6H2/q+1. The van der Waals surface area contributed by atoms with Crippen LogP contribution in [0.4, 0.5) is 0 Å². The van der Waals surface area contributed by atoms with Crippen molar-refractivity contribution in [1.82, 2.24) is 0 Å². The van der Waals surface area contributed by atoms with Crippen molar-refractivity contribution in [3.63, 3.8) is 0 Å². The summed E-state index contributed by atoms with van der Waals surface area (Å²) in [5, 5.41) is 0. The molecule has 0 aliphatic heterocycles. The Morgan fingerprint density at radius 2 is 1.75 bits per heavy atom. The van der Waals surface area contributed by atoms with Gasteiger partial charge in [0.05, 0.1) is 0 Å². The lowest BCUT2D eigenvalue weighted by atomic mass is 10.5. The Kier molecular flexibility index (Phi) is 1.86. The van der Waals surface area contributed by atoms with E-state index in [1.165, 1.54) is 0 Å². The average molecular weight is 129 g/mol. The third-order valence-electron chi connectivity index (χ3n) is 0.915. The Morgan fingerprint density at radius 1 is 1.12 bits per heavy atom. The number of alkyl halides is 1. The van der Waals surface area contributed by atoms with Crippen molar-refractivity contribution in [3.8, 4) is 0 Å². The molecule has 42 valence electrons. The predicted octanol–water partition coefficient (Wildman–Crippen LogP) is 1.17. The summed E-state index contributed by atoms with van der Waals surface area (Å²) in [5.41, 5.74) is 0. The van der Waals surface area contributed by atoms with Crippen molar-refractivity contribution in [2.75, 3.05) is 0 Å². The topological polar surface area (TPSA) is 3.88 Å². The van der Waals surface area contributed by atoms with E-state index in [1.807, 2.05) is 35.2 Å². The van der Waals surface area contributed by atoms with Gasteiger partial charge >= 0.3 is 0 Å². The third kappa shape index (κ3) is 1.20. The molecule has 0 unspecified atom stereocenters. The summed E-state index contributed by atoms with van der Waals surface area (Å²) < 4.78 is 1.89. The van der Waals surface area contributed by atoms with Crippen LogP contribution in [0.2, 0.25) is 0 Å².